The first-order valence-corrected chi connectivity index (χ1v) is 12.4. The number of phenolic OH excluding ortho intramolecular Hbond substituents is 2. The van der Waals surface area contributed by atoms with Crippen LogP contribution >= 0.6 is 24.2 Å². The highest BCUT2D eigenvalue weighted by Crippen LogP contribution is 2.54. The lowest BCUT2D eigenvalue weighted by molar-refractivity contribution is 0.190. The third-order valence-electron chi connectivity index (χ3n) is 6.20. The molecule has 3 aromatic carbocycles. The minimum Gasteiger partial charge on any atom is -0.508 e. The summed E-state index contributed by atoms with van der Waals surface area (Å²) >= 11 is 1.64. The van der Waals surface area contributed by atoms with E-state index in [1.807, 2.05) is 24.3 Å². The van der Waals surface area contributed by atoms with Gasteiger partial charge in [0, 0.05) is 6.54 Å². The molecule has 1 fully saturated rings. The molecule has 3 aromatic rings. The lowest BCUT2D eigenvalue weighted by atomic mass is 10.00. The second-order valence-corrected chi connectivity index (χ2v) is 9.81. The summed E-state index contributed by atoms with van der Waals surface area (Å²) in [7, 11) is 0. The van der Waals surface area contributed by atoms with Crippen LogP contribution in [0.2, 0.25) is 0 Å². The van der Waals surface area contributed by atoms with E-state index >= 15 is 0 Å². The van der Waals surface area contributed by atoms with Crippen molar-refractivity contribution in [1.82, 2.24) is 4.90 Å². The van der Waals surface area contributed by atoms with Gasteiger partial charge in [-0.15, -0.1) is 24.2 Å². The Morgan fingerprint density at radius 3 is 2.44 bits per heavy atom. The van der Waals surface area contributed by atoms with E-state index < -0.39 is 0 Å². The average molecular weight is 500 g/mol. The van der Waals surface area contributed by atoms with Crippen LogP contribution in [0, 0.1) is 0 Å². The Bertz CT molecular complexity index is 1090. The quantitative estimate of drug-likeness (QED) is 0.369. The Labute approximate surface area is 211 Å². The minimum atomic E-state index is -0.238. The number of ether oxygens (including phenoxy) is 2. The maximum atomic E-state index is 10.0. The number of rotatable bonds is 7. The molecule has 5 nitrogen and oxygen atoms in total. The average Bonchev–Trinajstić information content (AvgIpc) is 3.35. The monoisotopic (exact) mass is 499 g/mol. The van der Waals surface area contributed by atoms with Gasteiger partial charge in [-0.05, 0) is 85.9 Å². The van der Waals surface area contributed by atoms with E-state index in [1.54, 1.807) is 42.1 Å². The topological polar surface area (TPSA) is 62.2 Å². The van der Waals surface area contributed by atoms with Crippen molar-refractivity contribution in [2.75, 3.05) is 26.2 Å². The molecule has 7 heteroatoms. The summed E-state index contributed by atoms with van der Waals surface area (Å²) in [4.78, 5) is 3.39. The number of aromatic hydroxyl groups is 2. The molecule has 2 aliphatic heterocycles. The van der Waals surface area contributed by atoms with Gasteiger partial charge in [0.25, 0.3) is 0 Å². The zero-order valence-electron chi connectivity index (χ0n) is 18.9. The first-order chi connectivity index (χ1) is 16.2. The predicted molar refractivity (Wildman–Crippen MR) is 138 cm³/mol. The molecule has 180 valence electrons. The van der Waals surface area contributed by atoms with Crippen LogP contribution < -0.4 is 9.47 Å². The summed E-state index contributed by atoms with van der Waals surface area (Å²) in [6, 6.07) is 20.6. The number of halogens is 1. The van der Waals surface area contributed by atoms with Gasteiger partial charge < -0.3 is 24.6 Å². The number of thioether (sulfide) groups is 1. The molecule has 0 amide bonds. The summed E-state index contributed by atoms with van der Waals surface area (Å²) in [6.45, 7) is 4.26. The molecule has 0 radical (unpaired) electrons. The highest BCUT2D eigenvalue weighted by molar-refractivity contribution is 7.99. The van der Waals surface area contributed by atoms with Crippen molar-refractivity contribution in [1.29, 1.82) is 0 Å². The fourth-order valence-electron chi connectivity index (χ4n) is 4.51. The van der Waals surface area contributed by atoms with Gasteiger partial charge in [0.15, 0.2) is 0 Å². The van der Waals surface area contributed by atoms with Gasteiger partial charge in [-0.1, -0.05) is 24.3 Å². The van der Waals surface area contributed by atoms with Crippen molar-refractivity contribution < 1.29 is 19.7 Å². The molecule has 0 bridgehead atoms. The van der Waals surface area contributed by atoms with E-state index in [9.17, 15) is 10.2 Å². The third kappa shape index (κ3) is 5.74. The molecule has 0 aromatic heterocycles. The van der Waals surface area contributed by atoms with Gasteiger partial charge in [0.05, 0.1) is 16.8 Å². The van der Waals surface area contributed by atoms with Gasteiger partial charge >= 0.3 is 0 Å². The Kier molecular flexibility index (Phi) is 8.14. The van der Waals surface area contributed by atoms with Crippen LogP contribution in [0.4, 0.5) is 0 Å². The van der Waals surface area contributed by atoms with Crippen LogP contribution in [-0.4, -0.2) is 41.4 Å². The minimum absolute atomic E-state index is 0. The Balaban J connectivity index is 0.00000274. The summed E-state index contributed by atoms with van der Waals surface area (Å²) in [5.41, 5.74) is 2.01. The van der Waals surface area contributed by atoms with Crippen LogP contribution in [0.25, 0.3) is 0 Å². The lowest BCUT2D eigenvalue weighted by Crippen LogP contribution is -2.22. The SMILES string of the molecule is Cl.Oc1cccc([C@H]2Sc3cc(O)ccc3O[C@H]2c2ccc(OCCCN3CCCC3)cc2)c1. The number of nitrogens with zero attached hydrogens (tertiary/aromatic N) is 1. The fraction of sp³-hybridized carbons (Fsp3) is 0.333. The van der Waals surface area contributed by atoms with Gasteiger partial charge in [-0.25, -0.2) is 0 Å². The zero-order valence-corrected chi connectivity index (χ0v) is 20.6. The largest absolute Gasteiger partial charge is 0.508 e. The maximum Gasteiger partial charge on any atom is 0.140 e. The third-order valence-corrected chi connectivity index (χ3v) is 7.55. The normalized spacial score (nSPS) is 19.6. The molecule has 0 unspecified atom stereocenters. The standard InChI is InChI=1S/C27H29NO4S.ClH/c29-21-6-3-5-20(17-21)27-26(32-24-12-9-22(30)18-25(24)33-27)19-7-10-23(11-8-19)31-16-4-15-28-13-1-2-14-28;/h3,5-12,17-18,26-27,29-30H,1-2,4,13-16H2;1H/t26-,27+;/m0./s1. The predicted octanol–water partition coefficient (Wildman–Crippen LogP) is 6.35. The molecule has 2 heterocycles. The molecule has 0 aliphatic carbocycles. The lowest BCUT2D eigenvalue weighted by Gasteiger charge is -2.34. The van der Waals surface area contributed by atoms with Gasteiger partial charge in [-0.2, -0.15) is 0 Å². The molecule has 0 spiro atoms. The smallest absolute Gasteiger partial charge is 0.140 e. The van der Waals surface area contributed by atoms with E-state index in [4.69, 9.17) is 9.47 Å². The molecule has 2 atom stereocenters. The number of hydrogen-bond donors (Lipinski definition) is 2. The summed E-state index contributed by atoms with van der Waals surface area (Å²) in [6.07, 6.45) is 3.43. The van der Waals surface area contributed by atoms with E-state index in [0.29, 0.717) is 6.61 Å². The second-order valence-electron chi connectivity index (χ2n) is 8.62. The Hall–Kier alpha value is -2.54. The van der Waals surface area contributed by atoms with Crippen molar-refractivity contribution in [2.24, 2.45) is 0 Å². The van der Waals surface area contributed by atoms with Crippen LogP contribution in [-0.2, 0) is 0 Å². The molecule has 0 saturated carbocycles. The van der Waals surface area contributed by atoms with E-state index in [0.717, 1.165) is 40.5 Å². The molecule has 2 aliphatic rings. The summed E-state index contributed by atoms with van der Waals surface area (Å²) in [5.74, 6) is 2.06. The fourth-order valence-corrected chi connectivity index (χ4v) is 5.82. The van der Waals surface area contributed by atoms with Crippen molar-refractivity contribution in [2.45, 2.75) is 35.5 Å². The first-order valence-electron chi connectivity index (χ1n) is 11.6. The zero-order chi connectivity index (χ0) is 22.6. The van der Waals surface area contributed by atoms with Crippen LogP contribution in [0.5, 0.6) is 23.0 Å². The van der Waals surface area contributed by atoms with Crippen LogP contribution in [0.15, 0.2) is 71.6 Å². The number of likely N-dealkylation sites (tertiary alicyclic amines) is 1. The number of benzene rings is 3. The molecular formula is C27H30ClNO4S. The van der Waals surface area contributed by atoms with Crippen LogP contribution in [0.3, 0.4) is 0 Å². The first kappa shape index (κ1) is 24.6. The van der Waals surface area contributed by atoms with Crippen molar-refractivity contribution in [3.8, 4) is 23.0 Å². The Morgan fingerprint density at radius 1 is 0.912 bits per heavy atom. The Morgan fingerprint density at radius 2 is 1.68 bits per heavy atom. The molecule has 2 N–H and O–H groups in total. The molecule has 5 rings (SSSR count). The number of hydrogen-bond acceptors (Lipinski definition) is 6. The van der Waals surface area contributed by atoms with E-state index in [-0.39, 0.29) is 35.3 Å². The van der Waals surface area contributed by atoms with Crippen molar-refractivity contribution >= 4 is 24.2 Å². The van der Waals surface area contributed by atoms with Gasteiger partial charge in [0.1, 0.15) is 29.1 Å². The van der Waals surface area contributed by atoms with Crippen molar-refractivity contribution in [3.05, 3.63) is 77.9 Å². The van der Waals surface area contributed by atoms with E-state index in [1.165, 1.54) is 25.9 Å². The summed E-state index contributed by atoms with van der Waals surface area (Å²) < 4.78 is 12.4. The molecular weight excluding hydrogens is 470 g/mol. The number of phenols is 2. The van der Waals surface area contributed by atoms with Crippen LogP contribution in [0.1, 0.15) is 41.7 Å². The van der Waals surface area contributed by atoms with E-state index in [2.05, 4.69) is 17.0 Å². The molecule has 34 heavy (non-hydrogen) atoms. The molecule has 1 saturated heterocycles. The van der Waals surface area contributed by atoms with Crippen molar-refractivity contribution in [3.63, 3.8) is 0 Å². The second kappa shape index (κ2) is 11.3. The van der Waals surface area contributed by atoms with Gasteiger partial charge in [-0.3, -0.25) is 0 Å². The highest BCUT2D eigenvalue weighted by atomic mass is 35.5. The van der Waals surface area contributed by atoms with Gasteiger partial charge in [0.2, 0.25) is 0 Å². The highest BCUT2D eigenvalue weighted by Gasteiger charge is 2.34. The number of fused-ring (bicyclic) bond motifs is 1. The maximum absolute atomic E-state index is 10.0. The summed E-state index contributed by atoms with van der Waals surface area (Å²) in [5, 5.41) is 19.9.